The smallest absolute Gasteiger partial charge is 0.123 e. The van der Waals surface area contributed by atoms with Gasteiger partial charge in [-0.1, -0.05) is 13.0 Å². The first-order chi connectivity index (χ1) is 9.20. The molecule has 0 spiro atoms. The Bertz CT molecular complexity index is 507. The van der Waals surface area contributed by atoms with Crippen LogP contribution in [0.15, 0.2) is 41.2 Å². The van der Waals surface area contributed by atoms with Crippen LogP contribution >= 0.6 is 0 Å². The predicted octanol–water partition coefficient (Wildman–Crippen LogP) is 4.01. The van der Waals surface area contributed by atoms with E-state index in [0.29, 0.717) is 0 Å². The SMILES string of the molecule is CCCNC(Cc1ccoc1)c1ccc(F)cc1C. The number of hydrogen-bond donors (Lipinski definition) is 1. The second-order valence-electron chi connectivity index (χ2n) is 4.84. The summed E-state index contributed by atoms with van der Waals surface area (Å²) >= 11 is 0. The van der Waals surface area contributed by atoms with E-state index in [1.807, 2.05) is 19.1 Å². The maximum atomic E-state index is 13.2. The fourth-order valence-electron chi connectivity index (χ4n) is 2.29. The summed E-state index contributed by atoms with van der Waals surface area (Å²) in [7, 11) is 0. The fourth-order valence-corrected chi connectivity index (χ4v) is 2.29. The van der Waals surface area contributed by atoms with Crippen LogP contribution in [0.3, 0.4) is 0 Å². The zero-order chi connectivity index (χ0) is 13.7. The highest BCUT2D eigenvalue weighted by molar-refractivity contribution is 5.31. The highest BCUT2D eigenvalue weighted by Crippen LogP contribution is 2.23. The molecule has 1 atom stereocenters. The van der Waals surface area contributed by atoms with Crippen molar-refractivity contribution < 1.29 is 8.81 Å². The Morgan fingerprint density at radius 3 is 2.79 bits per heavy atom. The van der Waals surface area contributed by atoms with Crippen LogP contribution in [-0.2, 0) is 6.42 Å². The topological polar surface area (TPSA) is 25.2 Å². The number of halogens is 1. The minimum atomic E-state index is -0.182. The van der Waals surface area contributed by atoms with Crippen molar-refractivity contribution >= 4 is 0 Å². The van der Waals surface area contributed by atoms with Gasteiger partial charge in [0, 0.05) is 6.04 Å². The molecule has 0 bridgehead atoms. The molecule has 102 valence electrons. The lowest BCUT2D eigenvalue weighted by atomic mass is 9.96. The number of furan rings is 1. The van der Waals surface area contributed by atoms with Crippen LogP contribution < -0.4 is 5.32 Å². The minimum Gasteiger partial charge on any atom is -0.472 e. The molecule has 1 aromatic heterocycles. The summed E-state index contributed by atoms with van der Waals surface area (Å²) in [5.41, 5.74) is 3.28. The van der Waals surface area contributed by atoms with Gasteiger partial charge in [0.25, 0.3) is 0 Å². The molecule has 0 aliphatic carbocycles. The molecule has 2 rings (SSSR count). The standard InChI is InChI=1S/C16H20FNO/c1-3-7-18-16(10-13-6-8-19-11-13)15-5-4-14(17)9-12(15)2/h4-6,8-9,11,16,18H,3,7,10H2,1-2H3. The lowest BCUT2D eigenvalue weighted by Gasteiger charge is -2.20. The van der Waals surface area contributed by atoms with E-state index in [2.05, 4.69) is 12.2 Å². The molecular formula is C16H20FNO. The monoisotopic (exact) mass is 261 g/mol. The molecular weight excluding hydrogens is 241 g/mol. The van der Waals surface area contributed by atoms with Crippen molar-refractivity contribution in [2.45, 2.75) is 32.7 Å². The first-order valence-electron chi connectivity index (χ1n) is 6.71. The van der Waals surface area contributed by atoms with Crippen LogP contribution in [0.25, 0.3) is 0 Å². The average molecular weight is 261 g/mol. The van der Waals surface area contributed by atoms with E-state index >= 15 is 0 Å². The third-order valence-corrected chi connectivity index (χ3v) is 3.27. The van der Waals surface area contributed by atoms with E-state index in [1.54, 1.807) is 18.6 Å². The lowest BCUT2D eigenvalue weighted by molar-refractivity contribution is 0.517. The van der Waals surface area contributed by atoms with Gasteiger partial charge in [-0.15, -0.1) is 0 Å². The normalized spacial score (nSPS) is 12.6. The zero-order valence-corrected chi connectivity index (χ0v) is 11.4. The Kier molecular flexibility index (Phi) is 4.74. The van der Waals surface area contributed by atoms with Crippen molar-refractivity contribution in [3.05, 3.63) is 59.3 Å². The molecule has 2 aromatic rings. The third kappa shape index (κ3) is 3.67. The molecule has 1 N–H and O–H groups in total. The van der Waals surface area contributed by atoms with E-state index < -0.39 is 0 Å². The first kappa shape index (κ1) is 13.8. The van der Waals surface area contributed by atoms with E-state index in [0.717, 1.165) is 36.1 Å². The summed E-state index contributed by atoms with van der Waals surface area (Å²) in [4.78, 5) is 0. The van der Waals surface area contributed by atoms with Gasteiger partial charge < -0.3 is 9.73 Å². The van der Waals surface area contributed by atoms with E-state index in [-0.39, 0.29) is 11.9 Å². The Hall–Kier alpha value is -1.61. The van der Waals surface area contributed by atoms with E-state index in [9.17, 15) is 4.39 Å². The molecule has 0 aliphatic rings. The molecule has 0 aliphatic heterocycles. The number of rotatable bonds is 6. The van der Waals surface area contributed by atoms with Crippen LogP contribution in [0, 0.1) is 12.7 Å². The first-order valence-corrected chi connectivity index (χ1v) is 6.71. The molecule has 0 radical (unpaired) electrons. The summed E-state index contributed by atoms with van der Waals surface area (Å²) in [6.45, 7) is 5.03. The predicted molar refractivity (Wildman–Crippen MR) is 74.6 cm³/mol. The molecule has 1 aromatic carbocycles. The molecule has 0 amide bonds. The molecule has 0 saturated carbocycles. The van der Waals surface area contributed by atoms with Crippen LogP contribution in [0.2, 0.25) is 0 Å². The zero-order valence-electron chi connectivity index (χ0n) is 11.4. The molecule has 1 unspecified atom stereocenters. The summed E-state index contributed by atoms with van der Waals surface area (Å²) in [6.07, 6.45) is 5.37. The maximum absolute atomic E-state index is 13.2. The number of aryl methyl sites for hydroxylation is 1. The Labute approximate surface area is 113 Å². The average Bonchev–Trinajstić information content (AvgIpc) is 2.88. The minimum absolute atomic E-state index is 0.182. The quantitative estimate of drug-likeness (QED) is 0.850. The lowest BCUT2D eigenvalue weighted by Crippen LogP contribution is -2.24. The third-order valence-electron chi connectivity index (χ3n) is 3.27. The number of benzene rings is 1. The summed E-state index contributed by atoms with van der Waals surface area (Å²) < 4.78 is 18.3. The summed E-state index contributed by atoms with van der Waals surface area (Å²) in [5, 5.41) is 3.52. The van der Waals surface area contributed by atoms with Crippen LogP contribution in [-0.4, -0.2) is 6.54 Å². The second kappa shape index (κ2) is 6.53. The van der Waals surface area contributed by atoms with Crippen molar-refractivity contribution in [1.82, 2.24) is 5.32 Å². The van der Waals surface area contributed by atoms with Crippen LogP contribution in [0.4, 0.5) is 4.39 Å². The molecule has 1 heterocycles. The highest BCUT2D eigenvalue weighted by atomic mass is 19.1. The van der Waals surface area contributed by atoms with E-state index in [1.165, 1.54) is 6.07 Å². The van der Waals surface area contributed by atoms with Gasteiger partial charge >= 0.3 is 0 Å². The van der Waals surface area contributed by atoms with Gasteiger partial charge in [0.1, 0.15) is 5.82 Å². The van der Waals surface area contributed by atoms with Gasteiger partial charge in [-0.2, -0.15) is 0 Å². The molecule has 0 fully saturated rings. The van der Waals surface area contributed by atoms with Gasteiger partial charge in [0.05, 0.1) is 12.5 Å². The van der Waals surface area contributed by atoms with Crippen molar-refractivity contribution in [2.24, 2.45) is 0 Å². The molecule has 3 heteroatoms. The molecule has 2 nitrogen and oxygen atoms in total. The summed E-state index contributed by atoms with van der Waals surface area (Å²) in [6, 6.07) is 7.15. The fraction of sp³-hybridized carbons (Fsp3) is 0.375. The van der Waals surface area contributed by atoms with Gasteiger partial charge in [-0.25, -0.2) is 4.39 Å². The molecule has 19 heavy (non-hydrogen) atoms. The Morgan fingerprint density at radius 1 is 1.32 bits per heavy atom. The largest absolute Gasteiger partial charge is 0.472 e. The highest BCUT2D eigenvalue weighted by Gasteiger charge is 2.14. The van der Waals surface area contributed by atoms with Crippen molar-refractivity contribution in [1.29, 1.82) is 0 Å². The Morgan fingerprint density at radius 2 is 2.16 bits per heavy atom. The van der Waals surface area contributed by atoms with Gasteiger partial charge in [-0.05, 0) is 61.2 Å². The number of nitrogens with one attached hydrogen (secondary N) is 1. The maximum Gasteiger partial charge on any atom is 0.123 e. The van der Waals surface area contributed by atoms with Crippen LogP contribution in [0.5, 0.6) is 0 Å². The van der Waals surface area contributed by atoms with Crippen molar-refractivity contribution in [2.75, 3.05) is 6.54 Å². The van der Waals surface area contributed by atoms with Crippen molar-refractivity contribution in [3.8, 4) is 0 Å². The van der Waals surface area contributed by atoms with Gasteiger partial charge in [0.2, 0.25) is 0 Å². The second-order valence-corrected chi connectivity index (χ2v) is 4.84. The van der Waals surface area contributed by atoms with Gasteiger partial charge in [0.15, 0.2) is 0 Å². The molecule has 0 saturated heterocycles. The number of hydrogen-bond acceptors (Lipinski definition) is 2. The van der Waals surface area contributed by atoms with Gasteiger partial charge in [-0.3, -0.25) is 0 Å². The van der Waals surface area contributed by atoms with Crippen LogP contribution in [0.1, 0.15) is 36.1 Å². The van der Waals surface area contributed by atoms with E-state index in [4.69, 9.17) is 4.42 Å². The Balaban J connectivity index is 2.20. The summed E-state index contributed by atoms with van der Waals surface area (Å²) in [5.74, 6) is -0.182. The van der Waals surface area contributed by atoms with Crippen molar-refractivity contribution in [3.63, 3.8) is 0 Å².